The highest BCUT2D eigenvalue weighted by Crippen LogP contribution is 1.94. The number of ether oxygens (including phenoxy) is 1. The van der Waals surface area contributed by atoms with Crippen molar-refractivity contribution in [2.75, 3.05) is 45.9 Å². The Labute approximate surface area is 105 Å². The zero-order valence-corrected chi connectivity index (χ0v) is 10.1. The van der Waals surface area contributed by atoms with Crippen LogP contribution in [0.15, 0.2) is 0 Å². The first-order valence-electron chi connectivity index (χ1n) is 5.82. The quantitative estimate of drug-likeness (QED) is 0.443. The van der Waals surface area contributed by atoms with E-state index in [2.05, 4.69) is 15.5 Å². The van der Waals surface area contributed by atoms with Gasteiger partial charge in [-0.2, -0.15) is 0 Å². The smallest absolute Gasteiger partial charge is 0.334 e. The lowest BCUT2D eigenvalue weighted by Crippen LogP contribution is -2.45. The average molecular weight is 261 g/mol. The van der Waals surface area contributed by atoms with Gasteiger partial charge in [0, 0.05) is 26.2 Å². The summed E-state index contributed by atoms with van der Waals surface area (Å²) in [4.78, 5) is 23.7. The van der Waals surface area contributed by atoms with E-state index in [1.165, 1.54) is 0 Å². The predicted octanol–water partition coefficient (Wildman–Crippen LogP) is -1.94. The Morgan fingerprint density at radius 2 is 1.94 bits per heavy atom. The predicted molar refractivity (Wildman–Crippen MR) is 62.3 cm³/mol. The van der Waals surface area contributed by atoms with Gasteiger partial charge in [-0.05, 0) is 0 Å². The van der Waals surface area contributed by atoms with Gasteiger partial charge in [-0.3, -0.25) is 4.90 Å². The van der Waals surface area contributed by atoms with Gasteiger partial charge in [0.2, 0.25) is 0 Å². The Morgan fingerprint density at radius 3 is 2.56 bits per heavy atom. The van der Waals surface area contributed by atoms with Crippen LogP contribution in [0.5, 0.6) is 0 Å². The number of nitrogens with zero attached hydrogens (tertiary/aromatic N) is 1. The van der Waals surface area contributed by atoms with Gasteiger partial charge in [0.1, 0.15) is 0 Å². The van der Waals surface area contributed by atoms with Crippen molar-refractivity contribution in [3.63, 3.8) is 0 Å². The number of morpholine rings is 1. The molecule has 4 N–H and O–H groups in total. The van der Waals surface area contributed by atoms with E-state index < -0.39 is 18.1 Å². The standard InChI is InChI=1S/C10H19N3O5/c14-8(9(15)16)7-12-10(17)11-1-2-13-3-5-18-6-4-13/h8,14H,1-7H2,(H,15,16)(H2,11,12,17)/t8-/m0/s1. The van der Waals surface area contributed by atoms with Gasteiger partial charge in [0.05, 0.1) is 19.8 Å². The molecular weight excluding hydrogens is 242 g/mol. The average Bonchev–Trinajstić information content (AvgIpc) is 2.37. The fourth-order valence-electron chi connectivity index (χ4n) is 1.49. The largest absolute Gasteiger partial charge is 0.479 e. The van der Waals surface area contributed by atoms with Crippen molar-refractivity contribution in [2.45, 2.75) is 6.10 Å². The third-order valence-electron chi connectivity index (χ3n) is 2.56. The highest BCUT2D eigenvalue weighted by atomic mass is 16.5. The molecule has 0 aliphatic carbocycles. The SMILES string of the molecule is O=C(NCCN1CCOCC1)NC[C@H](O)C(=O)O. The highest BCUT2D eigenvalue weighted by molar-refractivity contribution is 5.76. The number of carbonyl (C=O) groups excluding carboxylic acids is 1. The third-order valence-corrected chi connectivity index (χ3v) is 2.56. The second kappa shape index (κ2) is 7.85. The number of aliphatic carboxylic acids is 1. The van der Waals surface area contributed by atoms with Crippen molar-refractivity contribution in [1.29, 1.82) is 0 Å². The molecule has 8 nitrogen and oxygen atoms in total. The van der Waals surface area contributed by atoms with Crippen molar-refractivity contribution in [3.05, 3.63) is 0 Å². The molecule has 0 spiro atoms. The number of aliphatic hydroxyl groups is 1. The summed E-state index contributed by atoms with van der Waals surface area (Å²) >= 11 is 0. The number of urea groups is 1. The molecule has 1 aliphatic heterocycles. The van der Waals surface area contributed by atoms with E-state index in [-0.39, 0.29) is 6.54 Å². The summed E-state index contributed by atoms with van der Waals surface area (Å²) in [6.07, 6.45) is -1.57. The third kappa shape index (κ3) is 5.80. The molecule has 0 aromatic carbocycles. The molecule has 1 atom stereocenters. The Hall–Kier alpha value is -1.38. The normalized spacial score (nSPS) is 18.1. The minimum atomic E-state index is -1.57. The van der Waals surface area contributed by atoms with Crippen molar-refractivity contribution in [2.24, 2.45) is 0 Å². The number of aliphatic hydroxyl groups excluding tert-OH is 1. The van der Waals surface area contributed by atoms with Crippen LogP contribution < -0.4 is 10.6 Å². The summed E-state index contributed by atoms with van der Waals surface area (Å²) < 4.78 is 5.19. The van der Waals surface area contributed by atoms with E-state index >= 15 is 0 Å². The van der Waals surface area contributed by atoms with Crippen LogP contribution in [0.1, 0.15) is 0 Å². The molecular formula is C10H19N3O5. The zero-order valence-electron chi connectivity index (χ0n) is 10.1. The molecule has 2 amide bonds. The maximum Gasteiger partial charge on any atom is 0.334 e. The Bertz CT molecular complexity index is 281. The van der Waals surface area contributed by atoms with Crippen LogP contribution in [-0.4, -0.2) is 79.2 Å². The summed E-state index contributed by atoms with van der Waals surface area (Å²) in [5.41, 5.74) is 0. The first-order chi connectivity index (χ1) is 8.59. The minimum Gasteiger partial charge on any atom is -0.479 e. The molecule has 1 saturated heterocycles. The van der Waals surface area contributed by atoms with E-state index in [0.717, 1.165) is 19.6 Å². The fraction of sp³-hybridized carbons (Fsp3) is 0.800. The van der Waals surface area contributed by atoms with Crippen LogP contribution in [0.2, 0.25) is 0 Å². The van der Waals surface area contributed by atoms with E-state index in [0.29, 0.717) is 19.8 Å². The van der Waals surface area contributed by atoms with E-state index in [1.807, 2.05) is 0 Å². The number of hydrogen-bond donors (Lipinski definition) is 4. The molecule has 1 heterocycles. The first-order valence-corrected chi connectivity index (χ1v) is 5.82. The molecule has 0 radical (unpaired) electrons. The van der Waals surface area contributed by atoms with Crippen LogP contribution in [0.25, 0.3) is 0 Å². The van der Waals surface area contributed by atoms with E-state index in [9.17, 15) is 9.59 Å². The molecule has 0 saturated carbocycles. The lowest BCUT2D eigenvalue weighted by atomic mass is 10.3. The van der Waals surface area contributed by atoms with Crippen molar-refractivity contribution in [3.8, 4) is 0 Å². The summed E-state index contributed by atoms with van der Waals surface area (Å²) in [7, 11) is 0. The topological polar surface area (TPSA) is 111 Å². The second-order valence-corrected chi connectivity index (χ2v) is 3.94. The Kier molecular flexibility index (Phi) is 6.40. The molecule has 0 bridgehead atoms. The van der Waals surface area contributed by atoms with Gasteiger partial charge >= 0.3 is 12.0 Å². The van der Waals surface area contributed by atoms with Crippen molar-refractivity contribution < 1.29 is 24.5 Å². The number of rotatable bonds is 6. The van der Waals surface area contributed by atoms with Gasteiger partial charge in [0.25, 0.3) is 0 Å². The lowest BCUT2D eigenvalue weighted by molar-refractivity contribution is -0.146. The van der Waals surface area contributed by atoms with Crippen LogP contribution in [0.3, 0.4) is 0 Å². The fourth-order valence-corrected chi connectivity index (χ4v) is 1.49. The number of nitrogens with one attached hydrogen (secondary N) is 2. The number of carboxylic acids is 1. The zero-order chi connectivity index (χ0) is 13.4. The van der Waals surface area contributed by atoms with Crippen LogP contribution >= 0.6 is 0 Å². The summed E-state index contributed by atoms with van der Waals surface area (Å²) in [5, 5.41) is 22.2. The molecule has 1 aliphatic rings. The molecule has 104 valence electrons. The monoisotopic (exact) mass is 261 g/mol. The highest BCUT2D eigenvalue weighted by Gasteiger charge is 2.14. The summed E-state index contributed by atoms with van der Waals surface area (Å²) in [6.45, 7) is 3.99. The number of carbonyl (C=O) groups is 2. The van der Waals surface area contributed by atoms with Crippen molar-refractivity contribution in [1.82, 2.24) is 15.5 Å². The molecule has 18 heavy (non-hydrogen) atoms. The maximum atomic E-state index is 11.2. The second-order valence-electron chi connectivity index (χ2n) is 3.94. The number of hydrogen-bond acceptors (Lipinski definition) is 5. The summed E-state index contributed by atoms with van der Waals surface area (Å²) in [6, 6.07) is -0.483. The summed E-state index contributed by atoms with van der Waals surface area (Å²) in [5.74, 6) is -1.36. The van der Waals surface area contributed by atoms with Gasteiger partial charge in [0.15, 0.2) is 6.10 Å². The lowest BCUT2D eigenvalue weighted by Gasteiger charge is -2.26. The molecule has 1 rings (SSSR count). The number of amides is 2. The van der Waals surface area contributed by atoms with Crippen LogP contribution in [-0.2, 0) is 9.53 Å². The van der Waals surface area contributed by atoms with Gasteiger partial charge in [-0.1, -0.05) is 0 Å². The van der Waals surface area contributed by atoms with Gasteiger partial charge in [-0.25, -0.2) is 9.59 Å². The van der Waals surface area contributed by atoms with Crippen LogP contribution in [0.4, 0.5) is 4.79 Å². The molecule has 0 unspecified atom stereocenters. The Morgan fingerprint density at radius 1 is 1.28 bits per heavy atom. The molecule has 1 fully saturated rings. The van der Waals surface area contributed by atoms with E-state index in [1.54, 1.807) is 0 Å². The molecule has 0 aromatic rings. The van der Waals surface area contributed by atoms with Crippen LogP contribution in [0, 0.1) is 0 Å². The van der Waals surface area contributed by atoms with Gasteiger partial charge in [-0.15, -0.1) is 0 Å². The first kappa shape index (κ1) is 14.7. The van der Waals surface area contributed by atoms with E-state index in [4.69, 9.17) is 14.9 Å². The minimum absolute atomic E-state index is 0.307. The maximum absolute atomic E-state index is 11.2. The molecule has 8 heteroatoms. The van der Waals surface area contributed by atoms with Crippen molar-refractivity contribution >= 4 is 12.0 Å². The Balaban J connectivity index is 2.04. The number of carboxylic acid groups (broad SMARTS) is 1. The van der Waals surface area contributed by atoms with Gasteiger partial charge < -0.3 is 25.6 Å². The molecule has 0 aromatic heterocycles.